The van der Waals surface area contributed by atoms with Crippen molar-refractivity contribution in [1.29, 1.82) is 0 Å². The molecular weight excluding hydrogens is 334 g/mol. The SMILES string of the molecule is [C-]#[N+]C(C(=O)OC(CC)CCCCC)=C(c1ccccc1)c1ccccc1. The molecule has 0 spiro atoms. The fraction of sp³-hybridized carbons (Fsp3) is 0.333. The molecular formula is C24H27NO2. The molecule has 0 saturated heterocycles. The molecule has 0 aliphatic carbocycles. The van der Waals surface area contributed by atoms with Crippen molar-refractivity contribution < 1.29 is 9.53 Å². The van der Waals surface area contributed by atoms with E-state index in [0.717, 1.165) is 43.2 Å². The first-order valence-electron chi connectivity index (χ1n) is 9.64. The van der Waals surface area contributed by atoms with Gasteiger partial charge in [-0.15, -0.1) is 0 Å². The van der Waals surface area contributed by atoms with Crippen LogP contribution in [0.15, 0.2) is 66.4 Å². The van der Waals surface area contributed by atoms with Crippen LogP contribution in [0.5, 0.6) is 0 Å². The van der Waals surface area contributed by atoms with Gasteiger partial charge in [-0.05, 0) is 30.4 Å². The summed E-state index contributed by atoms with van der Waals surface area (Å²) in [5.41, 5.74) is 2.34. The highest BCUT2D eigenvalue weighted by molar-refractivity contribution is 6.03. The molecule has 27 heavy (non-hydrogen) atoms. The zero-order chi connectivity index (χ0) is 19.5. The van der Waals surface area contributed by atoms with Gasteiger partial charge in [0.1, 0.15) is 6.10 Å². The highest BCUT2D eigenvalue weighted by Gasteiger charge is 2.23. The molecule has 2 aromatic rings. The molecule has 1 atom stereocenters. The van der Waals surface area contributed by atoms with Crippen molar-refractivity contribution in [2.24, 2.45) is 0 Å². The predicted molar refractivity (Wildman–Crippen MR) is 110 cm³/mol. The van der Waals surface area contributed by atoms with E-state index < -0.39 is 5.97 Å². The Morgan fingerprint density at radius 1 is 0.963 bits per heavy atom. The summed E-state index contributed by atoms with van der Waals surface area (Å²) in [5, 5.41) is 0. The van der Waals surface area contributed by atoms with E-state index >= 15 is 0 Å². The van der Waals surface area contributed by atoms with Gasteiger partial charge in [-0.2, -0.15) is 0 Å². The number of nitrogens with zero attached hydrogens (tertiary/aromatic N) is 1. The van der Waals surface area contributed by atoms with Gasteiger partial charge in [-0.3, -0.25) is 4.79 Å². The Morgan fingerprint density at radius 3 is 1.96 bits per heavy atom. The number of rotatable bonds is 9. The van der Waals surface area contributed by atoms with Crippen molar-refractivity contribution >= 4 is 11.5 Å². The molecule has 2 rings (SSSR count). The molecule has 3 heteroatoms. The molecule has 140 valence electrons. The highest BCUT2D eigenvalue weighted by atomic mass is 16.5. The van der Waals surface area contributed by atoms with Gasteiger partial charge in [0, 0.05) is 5.57 Å². The molecule has 0 radical (unpaired) electrons. The maximum atomic E-state index is 12.9. The molecule has 0 fully saturated rings. The largest absolute Gasteiger partial charge is 0.467 e. The highest BCUT2D eigenvalue weighted by Crippen LogP contribution is 2.29. The number of carbonyl (C=O) groups excluding carboxylic acids is 1. The fourth-order valence-corrected chi connectivity index (χ4v) is 3.03. The van der Waals surface area contributed by atoms with Crippen LogP contribution in [-0.4, -0.2) is 12.1 Å². The lowest BCUT2D eigenvalue weighted by Gasteiger charge is -2.17. The minimum Gasteiger partial charge on any atom is -0.467 e. The summed E-state index contributed by atoms with van der Waals surface area (Å²) in [6, 6.07) is 19.1. The van der Waals surface area contributed by atoms with E-state index in [1.165, 1.54) is 0 Å². The van der Waals surface area contributed by atoms with Crippen LogP contribution in [-0.2, 0) is 9.53 Å². The average Bonchev–Trinajstić information content (AvgIpc) is 2.72. The monoisotopic (exact) mass is 361 g/mol. The van der Waals surface area contributed by atoms with Gasteiger partial charge >= 0.3 is 5.97 Å². The van der Waals surface area contributed by atoms with Crippen LogP contribution in [0.1, 0.15) is 57.1 Å². The zero-order valence-corrected chi connectivity index (χ0v) is 16.2. The van der Waals surface area contributed by atoms with Crippen molar-refractivity contribution in [3.8, 4) is 0 Å². The Hall–Kier alpha value is -2.86. The van der Waals surface area contributed by atoms with E-state index in [-0.39, 0.29) is 11.8 Å². The second-order valence-electron chi connectivity index (χ2n) is 6.50. The Kier molecular flexibility index (Phi) is 8.32. The second-order valence-corrected chi connectivity index (χ2v) is 6.50. The topological polar surface area (TPSA) is 30.7 Å². The molecule has 0 aliphatic heterocycles. The van der Waals surface area contributed by atoms with Crippen molar-refractivity contribution in [1.82, 2.24) is 0 Å². The number of hydrogen-bond acceptors (Lipinski definition) is 2. The van der Waals surface area contributed by atoms with E-state index in [1.54, 1.807) is 0 Å². The molecule has 1 unspecified atom stereocenters. The average molecular weight is 361 g/mol. The standard InChI is InChI=1S/C24H27NO2/c1-4-6-9-18-21(5-2)27-24(26)23(25-3)22(19-14-10-7-11-15-19)20-16-12-8-13-17-20/h7-8,10-17,21H,4-6,9,18H2,1-2H3. The minimum absolute atomic E-state index is 0.0429. The molecule has 0 N–H and O–H groups in total. The van der Waals surface area contributed by atoms with Gasteiger partial charge in [0.25, 0.3) is 5.70 Å². The second kappa shape index (κ2) is 11.0. The third-order valence-electron chi connectivity index (χ3n) is 4.53. The van der Waals surface area contributed by atoms with Gasteiger partial charge in [-0.25, -0.2) is 4.85 Å². The van der Waals surface area contributed by atoms with Gasteiger partial charge < -0.3 is 4.74 Å². The van der Waals surface area contributed by atoms with Gasteiger partial charge in [0.2, 0.25) is 0 Å². The molecule has 0 aliphatic rings. The van der Waals surface area contributed by atoms with Crippen LogP contribution < -0.4 is 0 Å². The molecule has 0 aromatic heterocycles. The minimum atomic E-state index is -0.531. The van der Waals surface area contributed by atoms with Gasteiger partial charge in [0.05, 0.1) is 6.57 Å². The first-order valence-corrected chi connectivity index (χ1v) is 9.64. The summed E-state index contributed by atoms with van der Waals surface area (Å²) in [4.78, 5) is 16.5. The first-order chi connectivity index (χ1) is 13.2. The summed E-state index contributed by atoms with van der Waals surface area (Å²) < 4.78 is 5.71. The van der Waals surface area contributed by atoms with Crippen LogP contribution in [0.3, 0.4) is 0 Å². The number of benzene rings is 2. The normalized spacial score (nSPS) is 11.3. The lowest BCUT2D eigenvalue weighted by Crippen LogP contribution is -2.19. The smallest absolute Gasteiger partial charge is 0.337 e. The van der Waals surface area contributed by atoms with Crippen LogP contribution >= 0.6 is 0 Å². The number of carbonyl (C=O) groups is 1. The van der Waals surface area contributed by atoms with Crippen LogP contribution in [0.25, 0.3) is 10.4 Å². The third-order valence-corrected chi connectivity index (χ3v) is 4.53. The van der Waals surface area contributed by atoms with E-state index in [1.807, 2.05) is 67.6 Å². The number of unbranched alkanes of at least 4 members (excludes halogenated alkanes) is 2. The van der Waals surface area contributed by atoms with Crippen LogP contribution in [0.2, 0.25) is 0 Å². The molecule has 3 nitrogen and oxygen atoms in total. The molecule has 0 amide bonds. The predicted octanol–water partition coefficient (Wildman–Crippen LogP) is 6.27. The lowest BCUT2D eigenvalue weighted by atomic mass is 9.96. The fourth-order valence-electron chi connectivity index (χ4n) is 3.03. The summed E-state index contributed by atoms with van der Waals surface area (Å²) in [5.74, 6) is -0.531. The Balaban J connectivity index is 2.38. The summed E-state index contributed by atoms with van der Waals surface area (Å²) in [7, 11) is 0. The number of esters is 1. The van der Waals surface area contributed by atoms with Crippen molar-refractivity contribution in [3.05, 3.63) is 88.9 Å². The molecule has 2 aromatic carbocycles. The van der Waals surface area contributed by atoms with E-state index in [0.29, 0.717) is 5.57 Å². The van der Waals surface area contributed by atoms with Gasteiger partial charge in [0.15, 0.2) is 0 Å². The lowest BCUT2D eigenvalue weighted by molar-refractivity contribution is -0.144. The van der Waals surface area contributed by atoms with E-state index in [2.05, 4.69) is 11.8 Å². The number of hydrogen-bond donors (Lipinski definition) is 0. The van der Waals surface area contributed by atoms with E-state index in [9.17, 15) is 4.79 Å². The third kappa shape index (κ3) is 5.82. The van der Waals surface area contributed by atoms with Crippen molar-refractivity contribution in [2.45, 2.75) is 52.1 Å². The zero-order valence-electron chi connectivity index (χ0n) is 16.2. The Labute approximate surface area is 162 Å². The van der Waals surface area contributed by atoms with Crippen LogP contribution in [0.4, 0.5) is 0 Å². The Bertz CT molecular complexity index is 747. The summed E-state index contributed by atoms with van der Waals surface area (Å²) in [6.07, 6.45) is 4.74. The quantitative estimate of drug-likeness (QED) is 0.228. The van der Waals surface area contributed by atoms with Crippen LogP contribution in [0, 0.1) is 6.57 Å². The van der Waals surface area contributed by atoms with Crippen molar-refractivity contribution in [2.75, 3.05) is 0 Å². The molecule has 0 heterocycles. The number of ether oxygens (including phenoxy) is 1. The molecule has 0 saturated carbocycles. The first kappa shape index (κ1) is 20.5. The maximum absolute atomic E-state index is 12.9. The summed E-state index contributed by atoms with van der Waals surface area (Å²) >= 11 is 0. The van der Waals surface area contributed by atoms with Crippen molar-refractivity contribution in [3.63, 3.8) is 0 Å². The summed E-state index contributed by atoms with van der Waals surface area (Å²) in [6.45, 7) is 11.8. The Morgan fingerprint density at radius 2 is 1.52 bits per heavy atom. The maximum Gasteiger partial charge on any atom is 0.337 e. The van der Waals surface area contributed by atoms with Gasteiger partial charge in [-0.1, -0.05) is 87.4 Å². The molecule has 0 bridgehead atoms. The van der Waals surface area contributed by atoms with E-state index in [4.69, 9.17) is 11.3 Å².